The van der Waals surface area contributed by atoms with E-state index in [1.165, 1.54) is 0 Å². The summed E-state index contributed by atoms with van der Waals surface area (Å²) in [5.41, 5.74) is 8.33. The molecule has 0 fully saturated rings. The highest BCUT2D eigenvalue weighted by Crippen LogP contribution is 2.42. The minimum absolute atomic E-state index is 0.890. The average Bonchev–Trinajstić information content (AvgIpc) is 3.41. The fraction of sp³-hybridized carbons (Fsp3) is 0. The van der Waals surface area contributed by atoms with Crippen molar-refractivity contribution in [2.45, 2.75) is 0 Å². The fourth-order valence-corrected chi connectivity index (χ4v) is 6.41. The summed E-state index contributed by atoms with van der Waals surface area (Å²) in [7, 11) is 0. The standard InChI is InChI=1S/C39H24N4/c1-5-13-33-25(9-1)16-19-35(41-33)27-18-21-37-31(23-27)32-24-30(36-20-17-26-10-2-6-14-34(26)42-36)28-11-3-4-12-29(28)39(32)43(37)38-15-7-8-22-40-38/h1-24H. The summed E-state index contributed by atoms with van der Waals surface area (Å²) in [6.45, 7) is 0. The van der Waals surface area contributed by atoms with Crippen LogP contribution in [0.25, 0.3) is 82.7 Å². The lowest BCUT2D eigenvalue weighted by molar-refractivity contribution is 1.08. The van der Waals surface area contributed by atoms with Gasteiger partial charge in [0.05, 0.1) is 33.5 Å². The van der Waals surface area contributed by atoms with E-state index in [1.54, 1.807) is 0 Å². The molecule has 4 heterocycles. The van der Waals surface area contributed by atoms with Gasteiger partial charge in [0.25, 0.3) is 0 Å². The molecule has 0 amide bonds. The molecule has 0 unspecified atom stereocenters. The summed E-state index contributed by atoms with van der Waals surface area (Å²) in [4.78, 5) is 14.9. The summed E-state index contributed by atoms with van der Waals surface area (Å²) in [6.07, 6.45) is 1.86. The molecule has 0 aliphatic rings. The highest BCUT2D eigenvalue weighted by Gasteiger charge is 2.20. The number of aromatic nitrogens is 4. The molecule has 9 rings (SSSR count). The van der Waals surface area contributed by atoms with Crippen LogP contribution in [0, 0.1) is 0 Å². The highest BCUT2D eigenvalue weighted by atomic mass is 15.1. The van der Waals surface area contributed by atoms with E-state index in [1.807, 2.05) is 30.5 Å². The molecule has 4 aromatic heterocycles. The van der Waals surface area contributed by atoms with Crippen LogP contribution < -0.4 is 0 Å². The van der Waals surface area contributed by atoms with Gasteiger partial charge in [0.1, 0.15) is 5.82 Å². The van der Waals surface area contributed by atoms with E-state index in [4.69, 9.17) is 15.0 Å². The highest BCUT2D eigenvalue weighted by molar-refractivity contribution is 6.22. The van der Waals surface area contributed by atoms with Gasteiger partial charge in [-0.05, 0) is 60.0 Å². The van der Waals surface area contributed by atoms with Gasteiger partial charge in [-0.1, -0.05) is 84.9 Å². The van der Waals surface area contributed by atoms with Crippen LogP contribution in [-0.4, -0.2) is 19.5 Å². The monoisotopic (exact) mass is 548 g/mol. The first-order chi connectivity index (χ1) is 21.3. The van der Waals surface area contributed by atoms with Crippen molar-refractivity contribution in [1.29, 1.82) is 0 Å². The zero-order valence-electron chi connectivity index (χ0n) is 23.1. The number of benzene rings is 5. The largest absolute Gasteiger partial charge is 0.293 e. The molecule has 0 atom stereocenters. The van der Waals surface area contributed by atoms with E-state index in [2.05, 4.69) is 120 Å². The Labute approximate surface area is 247 Å². The number of hydrogen-bond acceptors (Lipinski definition) is 3. The van der Waals surface area contributed by atoms with E-state index in [-0.39, 0.29) is 0 Å². The molecule has 0 N–H and O–H groups in total. The van der Waals surface area contributed by atoms with Crippen molar-refractivity contribution < 1.29 is 0 Å². The number of fused-ring (bicyclic) bond motifs is 7. The summed E-state index contributed by atoms with van der Waals surface area (Å²) in [5.74, 6) is 0.890. The molecule has 0 radical (unpaired) electrons. The lowest BCUT2D eigenvalue weighted by Crippen LogP contribution is -1.97. The van der Waals surface area contributed by atoms with Crippen molar-refractivity contribution in [2.75, 3.05) is 0 Å². The smallest absolute Gasteiger partial charge is 0.137 e. The Kier molecular flexibility index (Phi) is 5.16. The molecule has 43 heavy (non-hydrogen) atoms. The van der Waals surface area contributed by atoms with Gasteiger partial charge in [-0.25, -0.2) is 15.0 Å². The maximum atomic E-state index is 5.11. The minimum Gasteiger partial charge on any atom is -0.293 e. The van der Waals surface area contributed by atoms with Crippen LogP contribution in [0.15, 0.2) is 146 Å². The van der Waals surface area contributed by atoms with Crippen molar-refractivity contribution in [2.24, 2.45) is 0 Å². The maximum absolute atomic E-state index is 5.11. The average molecular weight is 549 g/mol. The molecule has 0 spiro atoms. The van der Waals surface area contributed by atoms with Crippen LogP contribution in [0.1, 0.15) is 0 Å². The Morgan fingerprint density at radius 2 is 1.14 bits per heavy atom. The molecule has 4 nitrogen and oxygen atoms in total. The van der Waals surface area contributed by atoms with Gasteiger partial charge in [-0.3, -0.25) is 4.57 Å². The minimum atomic E-state index is 0.890. The lowest BCUT2D eigenvalue weighted by Gasteiger charge is -2.12. The zero-order valence-corrected chi connectivity index (χ0v) is 23.1. The Balaban J connectivity index is 1.39. The molecule has 0 aliphatic carbocycles. The Morgan fingerprint density at radius 3 is 1.91 bits per heavy atom. The Bertz CT molecular complexity index is 2510. The van der Waals surface area contributed by atoms with E-state index >= 15 is 0 Å². The molecule has 0 aliphatic heterocycles. The molecule has 9 aromatic rings. The molecule has 5 aromatic carbocycles. The predicted molar refractivity (Wildman–Crippen MR) is 178 cm³/mol. The van der Waals surface area contributed by atoms with Crippen LogP contribution in [0.2, 0.25) is 0 Å². The third-order valence-corrected chi connectivity index (χ3v) is 8.41. The van der Waals surface area contributed by atoms with Gasteiger partial charge < -0.3 is 0 Å². The van der Waals surface area contributed by atoms with Crippen molar-refractivity contribution in [3.05, 3.63) is 146 Å². The number of pyridine rings is 3. The van der Waals surface area contributed by atoms with E-state index < -0.39 is 0 Å². The van der Waals surface area contributed by atoms with Gasteiger partial charge in [0.2, 0.25) is 0 Å². The SMILES string of the molecule is c1ccc(-n2c3ccc(-c4ccc5ccccc5n4)cc3c3cc(-c4ccc5ccccc5n4)c4ccccc4c32)nc1. The molecule has 0 saturated carbocycles. The quantitative estimate of drug-likeness (QED) is 0.221. The van der Waals surface area contributed by atoms with Crippen LogP contribution >= 0.6 is 0 Å². The third-order valence-electron chi connectivity index (χ3n) is 8.41. The summed E-state index contributed by atoms with van der Waals surface area (Å²) in [6, 6.07) is 48.8. The van der Waals surface area contributed by atoms with Crippen molar-refractivity contribution in [3.8, 4) is 28.3 Å². The normalized spacial score (nSPS) is 11.7. The first-order valence-electron chi connectivity index (χ1n) is 14.5. The van der Waals surface area contributed by atoms with Gasteiger partial charge in [0, 0.05) is 44.3 Å². The van der Waals surface area contributed by atoms with E-state index in [0.717, 1.165) is 82.7 Å². The Morgan fingerprint density at radius 1 is 0.465 bits per heavy atom. The summed E-state index contributed by atoms with van der Waals surface area (Å²) in [5, 5.41) is 6.91. The first-order valence-corrected chi connectivity index (χ1v) is 14.5. The van der Waals surface area contributed by atoms with Gasteiger partial charge in [-0.2, -0.15) is 0 Å². The predicted octanol–water partition coefficient (Wildman–Crippen LogP) is 9.76. The number of nitrogens with zero attached hydrogens (tertiary/aromatic N) is 4. The number of rotatable bonds is 3. The van der Waals surface area contributed by atoms with Crippen LogP contribution in [-0.2, 0) is 0 Å². The topological polar surface area (TPSA) is 43.6 Å². The van der Waals surface area contributed by atoms with Gasteiger partial charge in [-0.15, -0.1) is 0 Å². The zero-order chi connectivity index (χ0) is 28.3. The molecule has 0 saturated heterocycles. The molecular formula is C39H24N4. The molecular weight excluding hydrogens is 524 g/mol. The Hall–Kier alpha value is -5.87. The third kappa shape index (κ3) is 3.74. The van der Waals surface area contributed by atoms with Crippen molar-refractivity contribution in [1.82, 2.24) is 19.5 Å². The summed E-state index contributed by atoms with van der Waals surface area (Å²) < 4.78 is 2.29. The van der Waals surface area contributed by atoms with Crippen LogP contribution in [0.4, 0.5) is 0 Å². The number of hydrogen-bond donors (Lipinski definition) is 0. The van der Waals surface area contributed by atoms with Crippen molar-refractivity contribution in [3.63, 3.8) is 0 Å². The maximum Gasteiger partial charge on any atom is 0.137 e. The van der Waals surface area contributed by atoms with Gasteiger partial charge >= 0.3 is 0 Å². The molecule has 4 heteroatoms. The lowest BCUT2D eigenvalue weighted by atomic mass is 9.97. The molecule has 0 bridgehead atoms. The van der Waals surface area contributed by atoms with E-state index in [0.29, 0.717) is 0 Å². The fourth-order valence-electron chi connectivity index (χ4n) is 6.41. The van der Waals surface area contributed by atoms with Crippen molar-refractivity contribution >= 4 is 54.4 Å². The van der Waals surface area contributed by atoms with Crippen LogP contribution in [0.5, 0.6) is 0 Å². The first kappa shape index (κ1) is 23.8. The molecule has 200 valence electrons. The second-order valence-corrected chi connectivity index (χ2v) is 10.9. The number of para-hydroxylation sites is 2. The summed E-state index contributed by atoms with van der Waals surface area (Å²) >= 11 is 0. The second-order valence-electron chi connectivity index (χ2n) is 10.9. The van der Waals surface area contributed by atoms with Gasteiger partial charge in [0.15, 0.2) is 0 Å². The van der Waals surface area contributed by atoms with E-state index in [9.17, 15) is 0 Å². The second kappa shape index (κ2) is 9.33. The van der Waals surface area contributed by atoms with Crippen LogP contribution in [0.3, 0.4) is 0 Å².